The van der Waals surface area contributed by atoms with Gasteiger partial charge in [0, 0.05) is 0 Å². The molecule has 0 aliphatic heterocycles. The Morgan fingerprint density at radius 3 is 2.00 bits per heavy atom. The Hall–Kier alpha value is 0.283. The van der Waals surface area contributed by atoms with Crippen LogP contribution in [0.15, 0.2) is 53.5 Å². The molecule has 0 atom stereocenters. The predicted molar refractivity (Wildman–Crippen MR) is 76.0 cm³/mol. The monoisotopic (exact) mass is 432 g/mol. The molecule has 0 bridgehead atoms. The molecule has 0 saturated carbocycles. The van der Waals surface area contributed by atoms with Gasteiger partial charge in [-0.2, -0.15) is 30.8 Å². The Kier molecular flexibility index (Phi) is 12.2. The number of rotatable bonds is 2. The first-order chi connectivity index (χ1) is 8.36. The summed E-state index contributed by atoms with van der Waals surface area (Å²) in [5.41, 5.74) is 5.26. The number of hydrogen-bond donors (Lipinski definition) is 1. The average molecular weight is 435 g/mol. The number of benzene rings is 1. The fourth-order valence-corrected chi connectivity index (χ4v) is 2.70. The van der Waals surface area contributed by atoms with Gasteiger partial charge in [-0.25, -0.2) is 0 Å². The van der Waals surface area contributed by atoms with Crippen LogP contribution in [0, 0.1) is 6.07 Å². The van der Waals surface area contributed by atoms with Crippen LogP contribution in [-0.2, 0) is 26.2 Å². The molecule has 21 heavy (non-hydrogen) atoms. The maximum atomic E-state index is 4.56. The van der Waals surface area contributed by atoms with Gasteiger partial charge in [0.2, 0.25) is 0 Å². The van der Waals surface area contributed by atoms with E-state index in [4.69, 9.17) is 0 Å². The van der Waals surface area contributed by atoms with Crippen LogP contribution in [0.4, 0.5) is 0 Å². The van der Waals surface area contributed by atoms with Crippen molar-refractivity contribution in [2.24, 2.45) is 0 Å². The van der Waals surface area contributed by atoms with Gasteiger partial charge in [0.1, 0.15) is 0 Å². The maximum Gasteiger partial charge on any atom is 4.00 e. The van der Waals surface area contributed by atoms with Gasteiger partial charge in [-0.15, -0.1) is 16.0 Å². The topological polar surface area (TPSA) is 0 Å². The van der Waals surface area contributed by atoms with Gasteiger partial charge in [0.25, 0.3) is 0 Å². The van der Waals surface area contributed by atoms with Gasteiger partial charge in [0.05, 0.1) is 0 Å². The van der Waals surface area contributed by atoms with Gasteiger partial charge >= 0.3 is 26.2 Å². The van der Waals surface area contributed by atoms with Crippen molar-refractivity contribution >= 4 is 23.8 Å². The molecule has 0 radical (unpaired) electrons. The Morgan fingerprint density at radius 2 is 1.48 bits per heavy atom. The Morgan fingerprint density at radius 1 is 0.905 bits per heavy atom. The van der Waals surface area contributed by atoms with E-state index in [1.165, 1.54) is 22.3 Å². The van der Waals surface area contributed by atoms with Gasteiger partial charge in [0.15, 0.2) is 0 Å². The van der Waals surface area contributed by atoms with Crippen LogP contribution in [0.5, 0.6) is 0 Å². The van der Waals surface area contributed by atoms with Crippen molar-refractivity contribution < 1.29 is 63.4 Å². The van der Waals surface area contributed by atoms with Crippen LogP contribution >= 0.6 is 12.6 Å². The first-order valence-electron chi connectivity index (χ1n) is 5.82. The summed E-state index contributed by atoms with van der Waals surface area (Å²) >= 11 is 4.56. The van der Waals surface area contributed by atoms with Gasteiger partial charge in [-0.1, -0.05) is 47.6 Å². The molecule has 3 rings (SSSR count). The Bertz CT molecular complexity index is 589. The van der Waals surface area contributed by atoms with Crippen LogP contribution in [0.1, 0.15) is 24.0 Å². The molecule has 108 valence electrons. The molecule has 1 aromatic carbocycles. The van der Waals surface area contributed by atoms with E-state index in [1.54, 1.807) is 0 Å². The summed E-state index contributed by atoms with van der Waals surface area (Å²) in [6.07, 6.45) is 15.0. The van der Waals surface area contributed by atoms with E-state index < -0.39 is 0 Å². The average Bonchev–Trinajstić information content (AvgIpc) is 3.02. The molecule has 0 saturated heterocycles. The second-order valence-corrected chi connectivity index (χ2v) is 4.71. The second-order valence-electron chi connectivity index (χ2n) is 4.26. The summed E-state index contributed by atoms with van der Waals surface area (Å²) in [5, 5.41) is 0. The van der Waals surface area contributed by atoms with E-state index in [1.807, 2.05) is 6.07 Å². The van der Waals surface area contributed by atoms with Crippen LogP contribution in [0.2, 0.25) is 0 Å². The molecule has 1 aromatic rings. The minimum absolute atomic E-state index is 0. The quantitative estimate of drug-likeness (QED) is 0.352. The molecule has 0 N–H and O–H groups in total. The Labute approximate surface area is 169 Å². The largest absolute Gasteiger partial charge is 4.00 e. The Balaban J connectivity index is 0. The molecule has 0 spiro atoms. The zero-order valence-electron chi connectivity index (χ0n) is 11.1. The molecule has 0 unspecified atom stereocenters. The van der Waals surface area contributed by atoms with E-state index in [9.17, 15) is 0 Å². The van der Waals surface area contributed by atoms with Crippen molar-refractivity contribution in [3.8, 4) is 0 Å². The summed E-state index contributed by atoms with van der Waals surface area (Å²) in [5.74, 6) is 0. The van der Waals surface area contributed by atoms with Crippen molar-refractivity contribution in [1.29, 1.82) is 0 Å². The van der Waals surface area contributed by atoms with Crippen LogP contribution in [-0.4, -0.2) is 0 Å². The number of allylic oxidation sites excluding steroid dienone is 8. The molecular formula is C16H13Cl3SZr. The number of thiol groups is 1. The van der Waals surface area contributed by atoms with E-state index in [2.05, 4.69) is 61.2 Å². The van der Waals surface area contributed by atoms with Gasteiger partial charge < -0.3 is 37.2 Å². The first kappa shape index (κ1) is 23.5. The van der Waals surface area contributed by atoms with Gasteiger partial charge in [-0.05, 0) is 12.8 Å². The van der Waals surface area contributed by atoms with Crippen LogP contribution in [0.25, 0.3) is 11.1 Å². The van der Waals surface area contributed by atoms with Crippen molar-refractivity contribution in [3.63, 3.8) is 0 Å². The zero-order chi connectivity index (χ0) is 11.7. The zero-order valence-corrected chi connectivity index (χ0v) is 16.7. The third-order valence-corrected chi connectivity index (χ3v) is 3.54. The summed E-state index contributed by atoms with van der Waals surface area (Å²) in [4.78, 5) is 0.949. The normalized spacial score (nSPS) is 14.1. The molecule has 0 amide bonds. The van der Waals surface area contributed by atoms with E-state index in [0.717, 1.165) is 17.7 Å². The fourth-order valence-electron chi connectivity index (χ4n) is 2.36. The summed E-state index contributed by atoms with van der Waals surface area (Å²) < 4.78 is 0. The molecule has 2 aliphatic rings. The van der Waals surface area contributed by atoms with Crippen LogP contribution in [0.3, 0.4) is 0 Å². The summed E-state index contributed by atoms with van der Waals surface area (Å²) in [6, 6.07) is 7.30. The molecule has 0 heterocycles. The number of halogens is 3. The first-order valence-corrected chi connectivity index (χ1v) is 6.27. The molecule has 0 aromatic heterocycles. The van der Waals surface area contributed by atoms with E-state index in [0.29, 0.717) is 0 Å². The second kappa shape index (κ2) is 10.9. The standard InChI is InChI=1S/C16H13S.3ClH.Zr/c17-15-11-5-10-14(12-6-1-2-7-12)16(15)13-8-3-4-9-13;;;;/h1-6,8,10,17H,7,9H2;3*1H;/q-1;;;;+4/p-3. The molecule has 5 heteroatoms. The number of hydrogen-bond acceptors (Lipinski definition) is 1. The maximum absolute atomic E-state index is 4.56. The molecule has 0 fully saturated rings. The fraction of sp³-hybridized carbons (Fsp3) is 0.125. The van der Waals surface area contributed by atoms with Crippen molar-refractivity contribution in [1.82, 2.24) is 0 Å². The molecule has 2 aliphatic carbocycles. The third kappa shape index (κ3) is 5.15. The van der Waals surface area contributed by atoms with E-state index >= 15 is 0 Å². The summed E-state index contributed by atoms with van der Waals surface area (Å²) in [6.45, 7) is 0. The molecule has 0 nitrogen and oxygen atoms in total. The van der Waals surface area contributed by atoms with Crippen molar-refractivity contribution in [3.05, 3.63) is 65.8 Å². The summed E-state index contributed by atoms with van der Waals surface area (Å²) in [7, 11) is 0. The van der Waals surface area contributed by atoms with Crippen molar-refractivity contribution in [2.45, 2.75) is 17.7 Å². The van der Waals surface area contributed by atoms with E-state index in [-0.39, 0.29) is 63.4 Å². The minimum Gasteiger partial charge on any atom is -1.00 e. The van der Waals surface area contributed by atoms with Crippen LogP contribution < -0.4 is 37.2 Å². The SMILES string of the molecule is Sc1[c-]ccc(C2=CC=CC2)c1C1=CC=CC1.[Cl-].[Cl-].[Cl-].[Zr+4]. The third-order valence-electron chi connectivity index (χ3n) is 3.19. The molecular weight excluding hydrogens is 422 g/mol. The van der Waals surface area contributed by atoms with Crippen molar-refractivity contribution in [2.75, 3.05) is 0 Å². The minimum atomic E-state index is 0. The predicted octanol–water partition coefficient (Wildman–Crippen LogP) is -4.53. The van der Waals surface area contributed by atoms with Gasteiger partial charge in [-0.3, -0.25) is 0 Å². The smallest absolute Gasteiger partial charge is 1.00 e.